The fraction of sp³-hybridized carbons (Fsp3) is 0.320. The highest BCUT2D eigenvalue weighted by Gasteiger charge is 2.43. The van der Waals surface area contributed by atoms with Gasteiger partial charge in [0.25, 0.3) is 5.91 Å². The number of amides is 1. The van der Waals surface area contributed by atoms with Crippen LogP contribution in [0.2, 0.25) is 0 Å². The Morgan fingerprint density at radius 3 is 2.58 bits per heavy atom. The zero-order chi connectivity index (χ0) is 24.0. The highest BCUT2D eigenvalue weighted by atomic mass is 19.4. The molecular weight excluding hydrogens is 431 g/mol. The van der Waals surface area contributed by atoms with Gasteiger partial charge in [0.2, 0.25) is 0 Å². The number of anilines is 1. The Labute approximate surface area is 189 Å². The summed E-state index contributed by atoms with van der Waals surface area (Å²) in [5.41, 5.74) is 1.53. The lowest BCUT2D eigenvalue weighted by molar-refractivity contribution is -0.137. The maximum absolute atomic E-state index is 13.4. The summed E-state index contributed by atoms with van der Waals surface area (Å²) in [5, 5.41) is 5.81. The smallest absolute Gasteiger partial charge is 0.362 e. The molecule has 2 heterocycles. The maximum Gasteiger partial charge on any atom is 0.416 e. The van der Waals surface area contributed by atoms with E-state index in [0.29, 0.717) is 29.8 Å². The molecule has 1 aromatic heterocycles. The molecule has 0 fully saturated rings. The van der Waals surface area contributed by atoms with Crippen LogP contribution >= 0.6 is 0 Å². The van der Waals surface area contributed by atoms with Crippen LogP contribution in [0.4, 0.5) is 18.9 Å². The van der Waals surface area contributed by atoms with Crippen molar-refractivity contribution in [2.75, 3.05) is 5.32 Å². The van der Waals surface area contributed by atoms with Crippen molar-refractivity contribution >= 4 is 17.4 Å². The lowest BCUT2D eigenvalue weighted by Gasteiger charge is -2.39. The molecule has 0 radical (unpaired) electrons. The van der Waals surface area contributed by atoms with Crippen molar-refractivity contribution in [3.8, 4) is 0 Å². The number of Topliss-reactive ketones (excluding diaryl/α,β-unsaturated/α-hetero) is 1. The molecule has 0 saturated carbocycles. The molecule has 1 atom stereocenters. The SMILES string of the molecule is CC1=C(C(=O)Nc2cccc(C(F)(F)F)c2)[C@H](c2ccccn2)C2=C(CC(C)(C)CC2=O)N1. The Bertz CT molecular complexity index is 1180. The fourth-order valence-electron chi connectivity index (χ4n) is 4.55. The molecule has 5 nitrogen and oxygen atoms in total. The van der Waals surface area contributed by atoms with Crippen LogP contribution in [0.25, 0.3) is 0 Å². The third-order valence-electron chi connectivity index (χ3n) is 5.92. The number of nitrogens with zero attached hydrogens (tertiary/aromatic N) is 1. The van der Waals surface area contributed by atoms with Gasteiger partial charge in [0.05, 0.1) is 17.2 Å². The summed E-state index contributed by atoms with van der Waals surface area (Å²) in [5.74, 6) is -1.36. The van der Waals surface area contributed by atoms with E-state index < -0.39 is 23.6 Å². The van der Waals surface area contributed by atoms with E-state index in [-0.39, 0.29) is 22.5 Å². The van der Waals surface area contributed by atoms with Crippen LogP contribution < -0.4 is 10.6 Å². The number of carbonyl (C=O) groups is 2. The van der Waals surface area contributed by atoms with Crippen molar-refractivity contribution in [3.05, 3.63) is 82.5 Å². The van der Waals surface area contributed by atoms with E-state index in [1.807, 2.05) is 13.8 Å². The molecule has 8 heteroatoms. The number of carbonyl (C=O) groups excluding carboxylic acids is 2. The van der Waals surface area contributed by atoms with E-state index in [1.54, 1.807) is 31.3 Å². The predicted molar refractivity (Wildman–Crippen MR) is 118 cm³/mol. The minimum absolute atomic E-state index is 0.0192. The van der Waals surface area contributed by atoms with Gasteiger partial charge in [-0.1, -0.05) is 26.0 Å². The molecule has 2 N–H and O–H groups in total. The summed E-state index contributed by atoms with van der Waals surface area (Å²) in [7, 11) is 0. The number of allylic oxidation sites excluding steroid dienone is 3. The zero-order valence-corrected chi connectivity index (χ0v) is 18.5. The van der Waals surface area contributed by atoms with Crippen LogP contribution in [-0.4, -0.2) is 16.7 Å². The Hall–Kier alpha value is -3.42. The average Bonchev–Trinajstić information content (AvgIpc) is 2.72. The first-order valence-corrected chi connectivity index (χ1v) is 10.6. The first kappa shape index (κ1) is 22.8. The topological polar surface area (TPSA) is 71.1 Å². The number of rotatable bonds is 3. The van der Waals surface area contributed by atoms with Gasteiger partial charge in [-0.05, 0) is 49.1 Å². The van der Waals surface area contributed by atoms with Crippen LogP contribution in [0.1, 0.15) is 50.8 Å². The molecule has 1 aromatic carbocycles. The van der Waals surface area contributed by atoms with Crippen molar-refractivity contribution in [1.29, 1.82) is 0 Å². The third kappa shape index (κ3) is 4.55. The van der Waals surface area contributed by atoms with Crippen LogP contribution in [0.5, 0.6) is 0 Å². The maximum atomic E-state index is 13.4. The molecule has 33 heavy (non-hydrogen) atoms. The average molecular weight is 455 g/mol. The summed E-state index contributed by atoms with van der Waals surface area (Å²) >= 11 is 0. The monoisotopic (exact) mass is 455 g/mol. The Morgan fingerprint density at radius 1 is 1.15 bits per heavy atom. The Balaban J connectivity index is 1.76. The van der Waals surface area contributed by atoms with E-state index in [0.717, 1.165) is 17.8 Å². The zero-order valence-electron chi connectivity index (χ0n) is 18.5. The standard InChI is InChI=1S/C25H24F3N3O2/c1-14-20(23(33)31-16-8-6-7-15(11-16)25(26,27)28)22(17-9-4-5-10-29-17)21-18(30-14)12-24(2,3)13-19(21)32/h4-11,22,30H,12-13H2,1-3H3,(H,31,33)/t22-/m0/s1. The number of nitrogens with one attached hydrogen (secondary N) is 2. The van der Waals surface area contributed by atoms with Crippen molar-refractivity contribution in [2.45, 2.75) is 45.7 Å². The Morgan fingerprint density at radius 2 is 1.91 bits per heavy atom. The van der Waals surface area contributed by atoms with Gasteiger partial charge in [-0.3, -0.25) is 14.6 Å². The lowest BCUT2D eigenvalue weighted by atomic mass is 9.69. The van der Waals surface area contributed by atoms with Gasteiger partial charge in [0.1, 0.15) is 0 Å². The van der Waals surface area contributed by atoms with E-state index in [2.05, 4.69) is 15.6 Å². The number of alkyl halides is 3. The molecule has 1 aliphatic heterocycles. The van der Waals surface area contributed by atoms with Gasteiger partial charge >= 0.3 is 6.18 Å². The second-order valence-corrected chi connectivity index (χ2v) is 9.22. The summed E-state index contributed by atoms with van der Waals surface area (Å²) in [6, 6.07) is 9.73. The van der Waals surface area contributed by atoms with Crippen LogP contribution in [0.15, 0.2) is 71.2 Å². The first-order valence-electron chi connectivity index (χ1n) is 10.6. The summed E-state index contributed by atoms with van der Waals surface area (Å²) in [6.45, 7) is 5.76. The predicted octanol–water partition coefficient (Wildman–Crippen LogP) is 5.34. The highest BCUT2D eigenvalue weighted by molar-refractivity contribution is 6.09. The molecule has 1 aliphatic carbocycles. The van der Waals surface area contributed by atoms with Gasteiger partial charge in [-0.25, -0.2) is 0 Å². The molecule has 0 unspecified atom stereocenters. The van der Waals surface area contributed by atoms with Gasteiger partial charge in [-0.15, -0.1) is 0 Å². The number of aromatic nitrogens is 1. The molecule has 172 valence electrons. The molecule has 1 amide bonds. The van der Waals surface area contributed by atoms with Crippen molar-refractivity contribution in [2.24, 2.45) is 5.41 Å². The normalized spacial score (nSPS) is 20.3. The largest absolute Gasteiger partial charge is 0.416 e. The number of benzene rings is 1. The molecular formula is C25H24F3N3O2. The summed E-state index contributed by atoms with van der Waals surface area (Å²) < 4.78 is 39.3. The molecule has 0 bridgehead atoms. The van der Waals surface area contributed by atoms with E-state index in [4.69, 9.17) is 0 Å². The number of ketones is 1. The molecule has 2 aromatic rings. The van der Waals surface area contributed by atoms with Crippen LogP contribution in [0, 0.1) is 5.41 Å². The van der Waals surface area contributed by atoms with Crippen molar-refractivity contribution in [3.63, 3.8) is 0 Å². The van der Waals surface area contributed by atoms with Gasteiger partial charge in [0, 0.05) is 40.8 Å². The molecule has 2 aliphatic rings. The third-order valence-corrected chi connectivity index (χ3v) is 5.92. The number of pyridine rings is 1. The van der Waals surface area contributed by atoms with Crippen molar-refractivity contribution < 1.29 is 22.8 Å². The summed E-state index contributed by atoms with van der Waals surface area (Å²) in [6.07, 6.45) is -1.97. The van der Waals surface area contributed by atoms with Crippen molar-refractivity contribution in [1.82, 2.24) is 10.3 Å². The number of hydrogen-bond donors (Lipinski definition) is 2. The second kappa shape index (κ2) is 8.17. The first-order chi connectivity index (χ1) is 15.5. The number of dihydropyridines is 1. The highest BCUT2D eigenvalue weighted by Crippen LogP contribution is 2.46. The minimum Gasteiger partial charge on any atom is -0.362 e. The minimum atomic E-state index is -4.53. The number of hydrogen-bond acceptors (Lipinski definition) is 4. The fourth-order valence-corrected chi connectivity index (χ4v) is 4.55. The molecule has 0 saturated heterocycles. The quantitative estimate of drug-likeness (QED) is 0.655. The Kier molecular flexibility index (Phi) is 5.64. The van der Waals surface area contributed by atoms with Gasteiger partial charge < -0.3 is 10.6 Å². The van der Waals surface area contributed by atoms with E-state index in [1.165, 1.54) is 12.1 Å². The molecule has 4 rings (SSSR count). The van der Waals surface area contributed by atoms with Crippen LogP contribution in [-0.2, 0) is 15.8 Å². The van der Waals surface area contributed by atoms with E-state index >= 15 is 0 Å². The number of halogens is 3. The van der Waals surface area contributed by atoms with Gasteiger partial charge in [0.15, 0.2) is 5.78 Å². The van der Waals surface area contributed by atoms with Gasteiger partial charge in [-0.2, -0.15) is 13.2 Å². The summed E-state index contributed by atoms with van der Waals surface area (Å²) in [4.78, 5) is 31.0. The lowest BCUT2D eigenvalue weighted by Crippen LogP contribution is -2.39. The molecule has 0 spiro atoms. The van der Waals surface area contributed by atoms with Crippen LogP contribution in [0.3, 0.4) is 0 Å². The second-order valence-electron chi connectivity index (χ2n) is 9.22. The van der Waals surface area contributed by atoms with E-state index in [9.17, 15) is 22.8 Å².